The molecule has 0 aliphatic heterocycles. The van der Waals surface area contributed by atoms with Crippen molar-refractivity contribution in [2.45, 2.75) is 19.8 Å². The average Bonchev–Trinajstić information content (AvgIpc) is 2.75. The molecular formula is C25H20BrClN2O. The van der Waals surface area contributed by atoms with Gasteiger partial charge in [-0.3, -0.25) is 4.79 Å². The second kappa shape index (κ2) is 10.2. The van der Waals surface area contributed by atoms with Gasteiger partial charge in [-0.25, -0.2) is 0 Å². The lowest BCUT2D eigenvalue weighted by atomic mass is 9.98. The summed E-state index contributed by atoms with van der Waals surface area (Å²) in [4.78, 5) is 12.8. The van der Waals surface area contributed by atoms with E-state index in [4.69, 9.17) is 11.6 Å². The van der Waals surface area contributed by atoms with Crippen LogP contribution in [0.4, 0.5) is 5.69 Å². The summed E-state index contributed by atoms with van der Waals surface area (Å²) in [6.07, 6.45) is 3.03. The smallest absolute Gasteiger partial charge is 0.266 e. The van der Waals surface area contributed by atoms with Crippen molar-refractivity contribution in [1.29, 1.82) is 5.26 Å². The van der Waals surface area contributed by atoms with E-state index >= 15 is 0 Å². The van der Waals surface area contributed by atoms with Crippen molar-refractivity contribution in [1.82, 2.24) is 0 Å². The molecular weight excluding hydrogens is 460 g/mol. The molecule has 1 amide bonds. The molecule has 0 aromatic heterocycles. The first-order valence-corrected chi connectivity index (χ1v) is 10.7. The van der Waals surface area contributed by atoms with Crippen molar-refractivity contribution in [3.63, 3.8) is 0 Å². The maximum atomic E-state index is 12.8. The van der Waals surface area contributed by atoms with Crippen LogP contribution in [0.2, 0.25) is 5.02 Å². The van der Waals surface area contributed by atoms with Gasteiger partial charge in [0, 0.05) is 15.2 Å². The zero-order chi connectivity index (χ0) is 21.5. The first-order chi connectivity index (χ1) is 14.5. The molecule has 150 valence electrons. The highest BCUT2D eigenvalue weighted by Crippen LogP contribution is 2.25. The van der Waals surface area contributed by atoms with Gasteiger partial charge in [0.05, 0.1) is 0 Å². The number of nitriles is 1. The number of hydrogen-bond donors (Lipinski definition) is 1. The zero-order valence-electron chi connectivity index (χ0n) is 16.5. The normalized spacial score (nSPS) is 11.1. The number of nitrogens with one attached hydrogen (secondary N) is 1. The lowest BCUT2D eigenvalue weighted by molar-refractivity contribution is -0.112. The van der Waals surface area contributed by atoms with Crippen LogP contribution in [0.25, 0.3) is 6.08 Å². The first-order valence-electron chi connectivity index (χ1n) is 9.54. The van der Waals surface area contributed by atoms with Crippen molar-refractivity contribution in [3.8, 4) is 6.07 Å². The van der Waals surface area contributed by atoms with Crippen LogP contribution in [0.1, 0.15) is 29.2 Å². The summed E-state index contributed by atoms with van der Waals surface area (Å²) in [5.74, 6) is -0.440. The molecule has 0 spiro atoms. The van der Waals surface area contributed by atoms with E-state index in [1.165, 1.54) is 0 Å². The van der Waals surface area contributed by atoms with Crippen LogP contribution in [0.3, 0.4) is 0 Å². The van der Waals surface area contributed by atoms with Gasteiger partial charge in [0.15, 0.2) is 0 Å². The third-order valence-electron chi connectivity index (χ3n) is 4.76. The molecule has 3 rings (SSSR count). The van der Waals surface area contributed by atoms with Gasteiger partial charge in [-0.1, -0.05) is 76.9 Å². The SMILES string of the molecule is CCc1ccccc1NC(=O)/C(C#N)=C/c1cc(Cl)ccc1Cc1ccccc1Br. The molecule has 0 bridgehead atoms. The number of amides is 1. The van der Waals surface area contributed by atoms with E-state index in [9.17, 15) is 10.1 Å². The fourth-order valence-electron chi connectivity index (χ4n) is 3.15. The highest BCUT2D eigenvalue weighted by Gasteiger charge is 2.13. The summed E-state index contributed by atoms with van der Waals surface area (Å²) in [7, 11) is 0. The minimum atomic E-state index is -0.440. The standard InChI is InChI=1S/C25H20BrClN2O/c1-2-17-7-4-6-10-24(17)29-25(30)21(16-28)14-20-15-22(27)12-11-18(20)13-19-8-3-5-9-23(19)26/h3-12,14-15H,2,13H2,1H3,(H,29,30)/b21-14+. The van der Waals surface area contributed by atoms with Crippen LogP contribution < -0.4 is 5.32 Å². The third-order valence-corrected chi connectivity index (χ3v) is 5.77. The molecule has 0 radical (unpaired) electrons. The molecule has 0 saturated carbocycles. The summed E-state index contributed by atoms with van der Waals surface area (Å²) in [6.45, 7) is 2.02. The van der Waals surface area contributed by atoms with Gasteiger partial charge in [-0.15, -0.1) is 0 Å². The van der Waals surface area contributed by atoms with Crippen molar-refractivity contribution < 1.29 is 4.79 Å². The highest BCUT2D eigenvalue weighted by molar-refractivity contribution is 9.10. The van der Waals surface area contributed by atoms with Crippen molar-refractivity contribution >= 4 is 45.2 Å². The van der Waals surface area contributed by atoms with Crippen molar-refractivity contribution in [2.24, 2.45) is 0 Å². The maximum absolute atomic E-state index is 12.8. The van der Waals surface area contributed by atoms with E-state index in [0.29, 0.717) is 17.1 Å². The van der Waals surface area contributed by atoms with Crippen LogP contribution in [0, 0.1) is 11.3 Å². The monoisotopic (exact) mass is 478 g/mol. The largest absolute Gasteiger partial charge is 0.321 e. The Bertz CT molecular complexity index is 1150. The van der Waals surface area contributed by atoms with Gasteiger partial charge >= 0.3 is 0 Å². The third kappa shape index (κ3) is 5.38. The Hall–Kier alpha value is -2.87. The Morgan fingerprint density at radius 2 is 1.77 bits per heavy atom. The molecule has 0 unspecified atom stereocenters. The number of rotatable bonds is 6. The Labute approximate surface area is 190 Å². The Balaban J connectivity index is 1.93. The van der Waals surface area contributed by atoms with E-state index in [1.807, 2.05) is 73.7 Å². The molecule has 0 fully saturated rings. The summed E-state index contributed by atoms with van der Waals surface area (Å²) >= 11 is 9.78. The fraction of sp³-hybridized carbons (Fsp3) is 0.120. The number of carbonyl (C=O) groups excluding carboxylic acids is 1. The number of nitrogens with zero attached hydrogens (tertiary/aromatic N) is 1. The molecule has 3 aromatic carbocycles. The quantitative estimate of drug-likeness (QED) is 0.312. The lowest BCUT2D eigenvalue weighted by Gasteiger charge is -2.11. The van der Waals surface area contributed by atoms with E-state index in [0.717, 1.165) is 33.1 Å². The molecule has 30 heavy (non-hydrogen) atoms. The summed E-state index contributed by atoms with van der Waals surface area (Å²) in [5.41, 5.74) is 4.58. The van der Waals surface area contributed by atoms with Gasteiger partial charge < -0.3 is 5.32 Å². The molecule has 1 N–H and O–H groups in total. The van der Waals surface area contributed by atoms with E-state index in [1.54, 1.807) is 12.1 Å². The van der Waals surface area contributed by atoms with E-state index < -0.39 is 5.91 Å². The molecule has 0 atom stereocenters. The van der Waals surface area contributed by atoms with Gasteiger partial charge in [-0.2, -0.15) is 5.26 Å². The Kier molecular flexibility index (Phi) is 7.46. The van der Waals surface area contributed by atoms with Crippen LogP contribution in [0.15, 0.2) is 76.8 Å². The van der Waals surface area contributed by atoms with Gasteiger partial charge in [-0.05, 0) is 65.4 Å². The van der Waals surface area contributed by atoms with Crippen molar-refractivity contribution in [3.05, 3.63) is 104 Å². The molecule has 0 saturated heterocycles. The fourth-order valence-corrected chi connectivity index (χ4v) is 3.76. The summed E-state index contributed by atoms with van der Waals surface area (Å²) in [5, 5.41) is 13.0. The van der Waals surface area contributed by atoms with Crippen LogP contribution in [-0.2, 0) is 17.6 Å². The van der Waals surface area contributed by atoms with Gasteiger partial charge in [0.25, 0.3) is 5.91 Å². The number of benzene rings is 3. The molecule has 0 heterocycles. The molecule has 3 nitrogen and oxygen atoms in total. The first kappa shape index (κ1) is 21.8. The number of aryl methyl sites for hydroxylation is 1. The van der Waals surface area contributed by atoms with Crippen LogP contribution >= 0.6 is 27.5 Å². The average molecular weight is 480 g/mol. The topological polar surface area (TPSA) is 52.9 Å². The minimum Gasteiger partial charge on any atom is -0.321 e. The Morgan fingerprint density at radius 3 is 2.47 bits per heavy atom. The molecule has 5 heteroatoms. The van der Waals surface area contributed by atoms with Crippen LogP contribution in [0.5, 0.6) is 0 Å². The molecule has 3 aromatic rings. The predicted octanol–water partition coefficient (Wildman–Crippen LogP) is 6.80. The highest BCUT2D eigenvalue weighted by atomic mass is 79.9. The molecule has 0 aliphatic carbocycles. The maximum Gasteiger partial charge on any atom is 0.266 e. The Morgan fingerprint density at radius 1 is 1.07 bits per heavy atom. The number of anilines is 1. The minimum absolute atomic E-state index is 0.0246. The van der Waals surface area contributed by atoms with E-state index in [-0.39, 0.29) is 5.57 Å². The summed E-state index contributed by atoms with van der Waals surface area (Å²) < 4.78 is 1.00. The number of carbonyl (C=O) groups is 1. The number of halogens is 2. The molecule has 0 aliphatic rings. The summed E-state index contributed by atoms with van der Waals surface area (Å²) in [6, 6.07) is 23.1. The second-order valence-corrected chi connectivity index (χ2v) is 8.04. The lowest BCUT2D eigenvalue weighted by Crippen LogP contribution is -2.14. The predicted molar refractivity (Wildman–Crippen MR) is 126 cm³/mol. The van der Waals surface area contributed by atoms with Gasteiger partial charge in [0.2, 0.25) is 0 Å². The van der Waals surface area contributed by atoms with E-state index in [2.05, 4.69) is 21.2 Å². The van der Waals surface area contributed by atoms with Gasteiger partial charge in [0.1, 0.15) is 11.6 Å². The van der Waals surface area contributed by atoms with Crippen molar-refractivity contribution in [2.75, 3.05) is 5.32 Å². The van der Waals surface area contributed by atoms with Crippen LogP contribution in [-0.4, -0.2) is 5.91 Å². The number of hydrogen-bond acceptors (Lipinski definition) is 2. The number of para-hydroxylation sites is 1. The second-order valence-electron chi connectivity index (χ2n) is 6.75. The zero-order valence-corrected chi connectivity index (χ0v) is 18.8.